The van der Waals surface area contributed by atoms with Crippen LogP contribution in [0.1, 0.15) is 39.0 Å². The Balaban J connectivity index is 1.56. The van der Waals surface area contributed by atoms with E-state index in [9.17, 15) is 13.5 Å². The minimum atomic E-state index is -3.86. The molecule has 0 amide bonds. The number of hydrogen-bond donors (Lipinski definition) is 2. The van der Waals surface area contributed by atoms with Gasteiger partial charge in [0.25, 0.3) is 0 Å². The molecule has 8 heteroatoms. The molecule has 3 aliphatic carbocycles. The number of sulfonamides is 1. The first-order valence-electron chi connectivity index (χ1n) is 12.5. The van der Waals surface area contributed by atoms with Gasteiger partial charge in [-0.1, -0.05) is 43.2 Å². The molecule has 0 radical (unpaired) electrons. The predicted molar refractivity (Wildman–Crippen MR) is 139 cm³/mol. The van der Waals surface area contributed by atoms with Gasteiger partial charge >= 0.3 is 0 Å². The van der Waals surface area contributed by atoms with Crippen molar-refractivity contribution in [3.05, 3.63) is 54.1 Å². The molecule has 35 heavy (non-hydrogen) atoms. The summed E-state index contributed by atoms with van der Waals surface area (Å²) in [5.74, 6) is 1.43. The van der Waals surface area contributed by atoms with Crippen molar-refractivity contribution in [2.45, 2.75) is 50.0 Å². The van der Waals surface area contributed by atoms with Gasteiger partial charge in [0.2, 0.25) is 10.0 Å². The molecule has 1 spiro atoms. The Labute approximate surface area is 213 Å². The van der Waals surface area contributed by atoms with E-state index in [1.54, 1.807) is 18.2 Å². The van der Waals surface area contributed by atoms with Crippen molar-refractivity contribution in [1.29, 1.82) is 0 Å². The maximum absolute atomic E-state index is 12.2. The standard InChI is InChI=1S/C27H35ClN2O4S/c1-3-24(31)22-8-6-18(22)15-30-16-27(11-4-5-19-13-20(28)10-12-26(19,27)2)17-34-25-9-7-21(14-23(25)30)35(29,32)33/h3,7,9-10,12-14,18-19,22,24,31H,1,4-6,8,11,15-17H2,2H3,(H2,29,32,33)/t18-,19?,22+,24-,26?,27-/m0/s1. The quantitative estimate of drug-likeness (QED) is 0.556. The van der Waals surface area contributed by atoms with Crippen molar-refractivity contribution >= 4 is 27.3 Å². The summed E-state index contributed by atoms with van der Waals surface area (Å²) in [7, 11) is -3.86. The van der Waals surface area contributed by atoms with Gasteiger partial charge in [-0.2, -0.15) is 0 Å². The lowest BCUT2D eigenvalue weighted by Crippen LogP contribution is -2.56. The molecule has 1 aromatic rings. The van der Waals surface area contributed by atoms with Crippen molar-refractivity contribution in [2.75, 3.05) is 24.6 Å². The first-order chi connectivity index (χ1) is 16.6. The lowest BCUT2D eigenvalue weighted by molar-refractivity contribution is -0.0241. The predicted octanol–water partition coefficient (Wildman–Crippen LogP) is 4.59. The number of nitrogens with zero attached hydrogens (tertiary/aromatic N) is 1. The fourth-order valence-electron chi connectivity index (χ4n) is 6.80. The van der Waals surface area contributed by atoms with Crippen molar-refractivity contribution in [2.24, 2.45) is 33.7 Å². The summed E-state index contributed by atoms with van der Waals surface area (Å²) < 4.78 is 30.9. The zero-order valence-corrected chi connectivity index (χ0v) is 21.8. The zero-order chi connectivity index (χ0) is 25.0. The van der Waals surface area contributed by atoms with E-state index in [4.69, 9.17) is 21.5 Å². The van der Waals surface area contributed by atoms with Crippen molar-refractivity contribution in [3.63, 3.8) is 0 Å². The van der Waals surface area contributed by atoms with Crippen LogP contribution in [0, 0.1) is 28.6 Å². The van der Waals surface area contributed by atoms with E-state index in [0.29, 0.717) is 24.8 Å². The molecule has 4 aliphatic rings. The average molecular weight is 519 g/mol. The molecule has 2 unspecified atom stereocenters. The van der Waals surface area contributed by atoms with Crippen LogP contribution in [-0.4, -0.2) is 39.3 Å². The third kappa shape index (κ3) is 4.24. The molecule has 1 heterocycles. The van der Waals surface area contributed by atoms with E-state index in [1.807, 2.05) is 6.08 Å². The minimum Gasteiger partial charge on any atom is -0.491 e. The smallest absolute Gasteiger partial charge is 0.238 e. The third-order valence-electron chi connectivity index (χ3n) is 9.24. The number of rotatable bonds is 5. The Morgan fingerprint density at radius 3 is 2.86 bits per heavy atom. The van der Waals surface area contributed by atoms with Gasteiger partial charge in [-0.15, -0.1) is 6.58 Å². The SMILES string of the molecule is C=C[C@H](O)[C@@H]1CC[C@H]1CN1C[C@@]2(CCCC3C=C(Cl)C=CC32C)COc2ccc(S(N)(=O)=O)cc21. The van der Waals surface area contributed by atoms with Crippen LogP contribution < -0.4 is 14.8 Å². The number of primary sulfonamides is 1. The molecule has 0 bridgehead atoms. The van der Waals surface area contributed by atoms with Gasteiger partial charge in [-0.05, 0) is 67.7 Å². The van der Waals surface area contributed by atoms with Gasteiger partial charge in [-0.25, -0.2) is 13.6 Å². The van der Waals surface area contributed by atoms with Gasteiger partial charge in [0.05, 0.1) is 23.3 Å². The van der Waals surface area contributed by atoms with Gasteiger partial charge < -0.3 is 14.7 Å². The average Bonchev–Trinajstić information content (AvgIpc) is 2.95. The first kappa shape index (κ1) is 24.9. The van der Waals surface area contributed by atoms with Crippen LogP contribution in [0.25, 0.3) is 0 Å². The maximum atomic E-state index is 12.2. The van der Waals surface area contributed by atoms with Crippen molar-refractivity contribution in [1.82, 2.24) is 0 Å². The Morgan fingerprint density at radius 2 is 2.17 bits per heavy atom. The number of nitrogens with two attached hydrogens (primary N) is 1. The summed E-state index contributed by atoms with van der Waals surface area (Å²) in [6.45, 7) is 8.07. The van der Waals surface area contributed by atoms with Crippen LogP contribution in [0.4, 0.5) is 5.69 Å². The monoisotopic (exact) mass is 518 g/mol. The van der Waals surface area contributed by atoms with E-state index < -0.39 is 16.1 Å². The highest BCUT2D eigenvalue weighted by Gasteiger charge is 2.56. The minimum absolute atomic E-state index is 0.0806. The fourth-order valence-corrected chi connectivity index (χ4v) is 7.55. The van der Waals surface area contributed by atoms with E-state index >= 15 is 0 Å². The highest BCUT2D eigenvalue weighted by Crippen LogP contribution is 2.59. The summed E-state index contributed by atoms with van der Waals surface area (Å²) >= 11 is 6.41. The highest BCUT2D eigenvalue weighted by atomic mass is 35.5. The number of hydrogen-bond acceptors (Lipinski definition) is 5. The fraction of sp³-hybridized carbons (Fsp3) is 0.556. The molecule has 2 fully saturated rings. The molecule has 0 saturated heterocycles. The van der Waals surface area contributed by atoms with Crippen molar-refractivity contribution in [3.8, 4) is 5.75 Å². The molecule has 6 nitrogen and oxygen atoms in total. The molecule has 2 saturated carbocycles. The summed E-state index contributed by atoms with van der Waals surface area (Å²) in [5, 5.41) is 16.7. The zero-order valence-electron chi connectivity index (χ0n) is 20.2. The van der Waals surface area contributed by atoms with E-state index in [0.717, 1.165) is 49.4 Å². The van der Waals surface area contributed by atoms with Crippen LogP contribution in [-0.2, 0) is 10.0 Å². The molecule has 0 aromatic heterocycles. The molecule has 1 aromatic carbocycles. The normalized spacial score (nSPS) is 35.1. The van der Waals surface area contributed by atoms with E-state index in [-0.39, 0.29) is 27.6 Å². The van der Waals surface area contributed by atoms with Crippen LogP contribution >= 0.6 is 11.6 Å². The number of aliphatic hydroxyl groups excluding tert-OH is 1. The van der Waals surface area contributed by atoms with E-state index in [2.05, 4.69) is 30.6 Å². The molecule has 190 valence electrons. The summed E-state index contributed by atoms with van der Waals surface area (Å²) in [4.78, 5) is 2.38. The first-order valence-corrected chi connectivity index (χ1v) is 14.4. The Hall–Kier alpha value is -1.80. The molecule has 1 aliphatic heterocycles. The van der Waals surface area contributed by atoms with Crippen molar-refractivity contribution < 1.29 is 18.3 Å². The van der Waals surface area contributed by atoms with Crippen LogP contribution in [0.15, 0.2) is 59.0 Å². The maximum Gasteiger partial charge on any atom is 0.238 e. The second-order valence-corrected chi connectivity index (χ2v) is 13.0. The highest BCUT2D eigenvalue weighted by molar-refractivity contribution is 7.89. The number of aliphatic hydroxyl groups is 1. The lowest BCUT2D eigenvalue weighted by Gasteiger charge is -2.56. The molecule has 5 rings (SSSR count). The summed E-state index contributed by atoms with van der Waals surface area (Å²) in [5.41, 5.74) is 0.426. The van der Waals surface area contributed by atoms with Gasteiger partial charge in [0.15, 0.2) is 0 Å². The largest absolute Gasteiger partial charge is 0.491 e. The van der Waals surface area contributed by atoms with E-state index in [1.165, 1.54) is 6.07 Å². The van der Waals surface area contributed by atoms with Crippen LogP contribution in [0.2, 0.25) is 0 Å². The van der Waals surface area contributed by atoms with Gasteiger partial charge in [0, 0.05) is 29.0 Å². The molecule has 6 atom stereocenters. The second kappa shape index (κ2) is 8.94. The lowest BCUT2D eigenvalue weighted by atomic mass is 9.51. The number of benzene rings is 1. The van der Waals surface area contributed by atoms with Crippen LogP contribution in [0.5, 0.6) is 5.75 Å². The number of allylic oxidation sites excluding steroid dienone is 4. The Kier molecular flexibility index (Phi) is 6.36. The summed E-state index contributed by atoms with van der Waals surface area (Å²) in [6.07, 6.45) is 12.7. The number of fused-ring (bicyclic) bond motifs is 3. The molecule has 3 N–H and O–H groups in total. The Bertz CT molecular complexity index is 1180. The van der Waals surface area contributed by atoms with Gasteiger partial charge in [0.1, 0.15) is 5.75 Å². The Morgan fingerprint density at radius 1 is 1.37 bits per heavy atom. The molecular weight excluding hydrogens is 484 g/mol. The summed E-state index contributed by atoms with van der Waals surface area (Å²) in [6, 6.07) is 4.90. The second-order valence-electron chi connectivity index (χ2n) is 11.0. The number of anilines is 1. The number of halogens is 1. The number of ether oxygens (including phenoxy) is 1. The van der Waals surface area contributed by atoms with Crippen LogP contribution in [0.3, 0.4) is 0 Å². The third-order valence-corrected chi connectivity index (χ3v) is 10.4. The topological polar surface area (TPSA) is 92.9 Å². The van der Waals surface area contributed by atoms with Gasteiger partial charge in [-0.3, -0.25) is 0 Å². The molecular formula is C27H35ClN2O4S.